The van der Waals surface area contributed by atoms with E-state index in [2.05, 4.69) is 29.1 Å². The lowest BCUT2D eigenvalue weighted by Crippen LogP contribution is -2.31. The molecule has 3 heterocycles. The topological polar surface area (TPSA) is 115 Å². The first kappa shape index (κ1) is 21.2. The summed E-state index contributed by atoms with van der Waals surface area (Å²) in [5, 5.41) is 18.4. The van der Waals surface area contributed by atoms with Crippen molar-refractivity contribution >= 4 is 23.5 Å². The monoisotopic (exact) mass is 427 g/mol. The lowest BCUT2D eigenvalue weighted by molar-refractivity contribution is -0.0269. The van der Waals surface area contributed by atoms with Crippen LogP contribution in [0, 0.1) is 6.92 Å². The second-order valence-electron chi connectivity index (χ2n) is 6.48. The molecule has 0 aromatic carbocycles. The summed E-state index contributed by atoms with van der Waals surface area (Å²) in [4.78, 5) is 25.8. The van der Waals surface area contributed by atoms with Crippen LogP contribution in [-0.4, -0.2) is 64.4 Å². The fourth-order valence-electron chi connectivity index (χ4n) is 3.25. The number of aliphatic hydroxyl groups excluding tert-OH is 1. The van der Waals surface area contributed by atoms with E-state index in [4.69, 9.17) is 4.74 Å². The fourth-order valence-corrected chi connectivity index (χ4v) is 5.90. The van der Waals surface area contributed by atoms with E-state index in [0.717, 1.165) is 11.5 Å². The molecule has 11 heteroatoms. The molecule has 0 unspecified atom stereocenters. The van der Waals surface area contributed by atoms with Gasteiger partial charge in [-0.05, 0) is 18.4 Å². The Balaban J connectivity index is 1.83. The van der Waals surface area contributed by atoms with E-state index in [1.54, 1.807) is 41.3 Å². The van der Waals surface area contributed by atoms with E-state index < -0.39 is 11.2 Å². The van der Waals surface area contributed by atoms with Crippen LogP contribution in [0.25, 0.3) is 0 Å². The van der Waals surface area contributed by atoms with Gasteiger partial charge in [-0.3, -0.25) is 14.3 Å². The number of aryl methyl sites for hydroxylation is 1. The van der Waals surface area contributed by atoms with E-state index in [0.29, 0.717) is 11.3 Å². The molecule has 3 rings (SSSR count). The molecule has 1 fully saturated rings. The van der Waals surface area contributed by atoms with Crippen molar-refractivity contribution in [3.8, 4) is 0 Å². The number of hydrogen-bond donors (Lipinski definition) is 2. The lowest BCUT2D eigenvalue weighted by atomic mass is 10.2. The largest absolute Gasteiger partial charge is 0.394 e. The summed E-state index contributed by atoms with van der Waals surface area (Å²) >= 11 is 3.57. The van der Waals surface area contributed by atoms with Gasteiger partial charge in [-0.2, -0.15) is 23.5 Å². The summed E-state index contributed by atoms with van der Waals surface area (Å²) in [7, 11) is 0. The van der Waals surface area contributed by atoms with Gasteiger partial charge in [0.2, 0.25) is 0 Å². The molecule has 9 nitrogen and oxygen atoms in total. The Kier molecular flexibility index (Phi) is 7.02. The number of H-pyrrole nitrogens is 1. The number of aliphatic hydroxyl groups is 1. The summed E-state index contributed by atoms with van der Waals surface area (Å²) in [6, 6.07) is 0. The smallest absolute Gasteiger partial charge is 0.328 e. The van der Waals surface area contributed by atoms with Gasteiger partial charge in [0.25, 0.3) is 5.56 Å². The molecule has 0 bridgehead atoms. The summed E-state index contributed by atoms with van der Waals surface area (Å²) in [6.45, 7) is 6.00. The fraction of sp³-hybridized carbons (Fsp3) is 0.647. The Labute approximate surface area is 170 Å². The Morgan fingerprint density at radius 3 is 2.61 bits per heavy atom. The minimum Gasteiger partial charge on any atom is -0.394 e. The van der Waals surface area contributed by atoms with Gasteiger partial charge in [0.1, 0.15) is 5.69 Å². The highest BCUT2D eigenvalue weighted by Gasteiger charge is 2.45. The van der Waals surface area contributed by atoms with Gasteiger partial charge in [0.05, 0.1) is 30.7 Å². The molecule has 1 aliphatic heterocycles. The summed E-state index contributed by atoms with van der Waals surface area (Å²) < 4.78 is 9.17. The normalized spacial score (nSPS) is 24.7. The number of nitrogens with one attached hydrogen (secondary N) is 1. The molecule has 0 radical (unpaired) electrons. The molecule has 4 atom stereocenters. The van der Waals surface area contributed by atoms with Crippen molar-refractivity contribution in [1.29, 1.82) is 0 Å². The van der Waals surface area contributed by atoms with Crippen molar-refractivity contribution in [1.82, 2.24) is 24.5 Å². The molecule has 0 aliphatic carbocycles. The molecular formula is C17H25N5O4S2. The highest BCUT2D eigenvalue weighted by Crippen LogP contribution is 2.42. The van der Waals surface area contributed by atoms with E-state index in [-0.39, 0.29) is 36.0 Å². The number of hydrogen-bond acceptors (Lipinski definition) is 8. The van der Waals surface area contributed by atoms with Crippen LogP contribution in [0.5, 0.6) is 0 Å². The van der Waals surface area contributed by atoms with E-state index in [1.807, 2.05) is 0 Å². The Bertz CT molecular complexity index is 911. The van der Waals surface area contributed by atoms with E-state index >= 15 is 0 Å². The molecule has 0 spiro atoms. The van der Waals surface area contributed by atoms with Crippen LogP contribution in [0.15, 0.2) is 22.0 Å². The molecule has 2 aromatic rings. The molecule has 154 valence electrons. The average Bonchev–Trinajstić information content (AvgIpc) is 3.25. The molecular weight excluding hydrogens is 402 g/mol. The number of nitrogens with zero attached hydrogens (tertiary/aromatic N) is 4. The van der Waals surface area contributed by atoms with Crippen molar-refractivity contribution < 1.29 is 9.84 Å². The van der Waals surface area contributed by atoms with E-state index in [1.165, 1.54) is 10.8 Å². The van der Waals surface area contributed by atoms with E-state index in [9.17, 15) is 14.7 Å². The summed E-state index contributed by atoms with van der Waals surface area (Å²) in [6.07, 6.45) is 2.68. The van der Waals surface area contributed by atoms with Crippen LogP contribution in [-0.2, 0) is 11.3 Å². The summed E-state index contributed by atoms with van der Waals surface area (Å²) in [5.74, 6) is 1.87. The quantitative estimate of drug-likeness (QED) is 0.630. The Morgan fingerprint density at radius 2 is 1.93 bits per heavy atom. The number of thioether (sulfide) groups is 2. The predicted octanol–water partition coefficient (Wildman–Crippen LogP) is 0.618. The second-order valence-corrected chi connectivity index (χ2v) is 9.39. The Hall–Kier alpha value is -1.56. The first-order chi connectivity index (χ1) is 13.5. The van der Waals surface area contributed by atoms with Gasteiger partial charge >= 0.3 is 5.69 Å². The maximum atomic E-state index is 12.0. The minimum absolute atomic E-state index is 0.0391. The van der Waals surface area contributed by atoms with Crippen LogP contribution in [0.4, 0.5) is 0 Å². The molecule has 2 aromatic heterocycles. The first-order valence-corrected chi connectivity index (χ1v) is 11.3. The third-order valence-electron chi connectivity index (χ3n) is 4.52. The van der Waals surface area contributed by atoms with Crippen molar-refractivity contribution in [2.45, 2.75) is 50.1 Å². The van der Waals surface area contributed by atoms with Crippen molar-refractivity contribution in [3.63, 3.8) is 0 Å². The number of aromatic amines is 1. The predicted molar refractivity (Wildman–Crippen MR) is 110 cm³/mol. The average molecular weight is 428 g/mol. The molecule has 28 heavy (non-hydrogen) atoms. The lowest BCUT2D eigenvalue weighted by Gasteiger charge is -2.21. The Morgan fingerprint density at radius 1 is 1.21 bits per heavy atom. The second kappa shape index (κ2) is 9.29. The zero-order valence-electron chi connectivity index (χ0n) is 16.1. The third kappa shape index (κ3) is 4.37. The molecule has 2 N–H and O–H groups in total. The number of aromatic nitrogens is 5. The number of ether oxygens (including phenoxy) is 1. The molecule has 0 amide bonds. The molecule has 1 aliphatic rings. The van der Waals surface area contributed by atoms with Gasteiger partial charge in [0, 0.05) is 17.0 Å². The highest BCUT2D eigenvalue weighted by molar-refractivity contribution is 8.03. The van der Waals surface area contributed by atoms with Gasteiger partial charge in [-0.15, -0.1) is 5.10 Å². The van der Waals surface area contributed by atoms with Gasteiger partial charge in [-0.1, -0.05) is 19.1 Å². The van der Waals surface area contributed by atoms with Crippen LogP contribution < -0.4 is 11.2 Å². The standard InChI is InChI=1S/C17H25N5O4S2/c1-4-27-13-12(9-23)26-16(14(13)28-5-2)22-8-11(19-20-22)7-21-6-10(3)15(24)18-17(21)25/h6,8,12-14,16,23H,4-5,7,9H2,1-3H3,(H,18,24,25)/t12-,13-,14-,16-/m1/s1. The zero-order valence-corrected chi connectivity index (χ0v) is 17.7. The van der Waals surface area contributed by atoms with Crippen LogP contribution in [0.3, 0.4) is 0 Å². The third-order valence-corrected chi connectivity index (χ3v) is 7.26. The van der Waals surface area contributed by atoms with Crippen LogP contribution >= 0.6 is 23.5 Å². The molecule has 1 saturated heterocycles. The zero-order chi connectivity index (χ0) is 20.3. The first-order valence-electron chi connectivity index (χ1n) is 9.19. The minimum atomic E-state index is -0.485. The molecule has 0 saturated carbocycles. The summed E-state index contributed by atoms with van der Waals surface area (Å²) in [5.41, 5.74) is 0.167. The van der Waals surface area contributed by atoms with Crippen molar-refractivity contribution in [2.24, 2.45) is 0 Å². The maximum absolute atomic E-state index is 12.0. The highest BCUT2D eigenvalue weighted by atomic mass is 32.2. The number of rotatable bonds is 8. The van der Waals surface area contributed by atoms with Crippen LogP contribution in [0.1, 0.15) is 31.3 Å². The van der Waals surface area contributed by atoms with Gasteiger partial charge in [-0.25, -0.2) is 9.48 Å². The van der Waals surface area contributed by atoms with Gasteiger partial charge in [0.15, 0.2) is 6.23 Å². The van der Waals surface area contributed by atoms with Crippen molar-refractivity contribution in [2.75, 3.05) is 18.1 Å². The van der Waals surface area contributed by atoms with Crippen molar-refractivity contribution in [3.05, 3.63) is 44.5 Å². The maximum Gasteiger partial charge on any atom is 0.328 e. The SMILES string of the molecule is CCS[C@@H]1[C@H](SCC)[C@@H](CO)O[C@H]1n1cc(Cn2cc(C)c(=O)[nH]c2=O)nn1. The van der Waals surface area contributed by atoms with Crippen LogP contribution in [0.2, 0.25) is 0 Å². The van der Waals surface area contributed by atoms with Gasteiger partial charge < -0.3 is 9.84 Å².